The summed E-state index contributed by atoms with van der Waals surface area (Å²) in [5.41, 5.74) is 1.11. The third kappa shape index (κ3) is 11.4. The van der Waals surface area contributed by atoms with Crippen LogP contribution in [0.4, 0.5) is 0 Å². The smallest absolute Gasteiger partial charge is 0.191 e. The van der Waals surface area contributed by atoms with E-state index in [1.54, 1.807) is 0 Å². The monoisotopic (exact) mass is 463 g/mol. The van der Waals surface area contributed by atoms with Crippen molar-refractivity contribution < 1.29 is 9.84 Å². The largest absolute Gasteiger partial charge is 0.389 e. The molecule has 0 aliphatic rings. The molecule has 0 radical (unpaired) electrons. The van der Waals surface area contributed by atoms with Gasteiger partial charge in [-0.3, -0.25) is 4.99 Å². The number of rotatable bonds is 10. The molecule has 0 fully saturated rings. The highest BCUT2D eigenvalue weighted by Crippen LogP contribution is 2.15. The van der Waals surface area contributed by atoms with Crippen LogP contribution in [-0.2, 0) is 4.74 Å². The van der Waals surface area contributed by atoms with Crippen molar-refractivity contribution >= 4 is 29.9 Å². The van der Waals surface area contributed by atoms with Gasteiger partial charge in [-0.1, -0.05) is 44.2 Å². The Labute approximate surface area is 169 Å². The minimum absolute atomic E-state index is 0. The van der Waals surface area contributed by atoms with Gasteiger partial charge in [0.25, 0.3) is 0 Å². The molecular formula is C19H34IN3O2. The second-order valence-corrected chi connectivity index (χ2v) is 6.37. The second kappa shape index (κ2) is 14.3. The van der Waals surface area contributed by atoms with E-state index in [0.29, 0.717) is 12.5 Å². The number of halogens is 1. The molecule has 6 heteroatoms. The lowest BCUT2D eigenvalue weighted by atomic mass is 10.1. The molecule has 0 spiro atoms. The SMILES string of the molecule is CCNC(=NCC(O)COC(C)c1ccccc1)NCCC(C)C.I. The molecule has 0 aliphatic carbocycles. The van der Waals surface area contributed by atoms with E-state index in [9.17, 15) is 5.11 Å². The molecule has 0 amide bonds. The summed E-state index contributed by atoms with van der Waals surface area (Å²) in [7, 11) is 0. The number of benzene rings is 1. The van der Waals surface area contributed by atoms with E-state index >= 15 is 0 Å². The summed E-state index contributed by atoms with van der Waals surface area (Å²) in [6, 6.07) is 10.0. The van der Waals surface area contributed by atoms with Gasteiger partial charge in [-0.2, -0.15) is 0 Å². The summed E-state index contributed by atoms with van der Waals surface area (Å²) in [4.78, 5) is 4.43. The summed E-state index contributed by atoms with van der Waals surface area (Å²) in [5, 5.41) is 16.6. The molecule has 0 aromatic heterocycles. The Kier molecular flexibility index (Phi) is 13.8. The number of hydrogen-bond acceptors (Lipinski definition) is 3. The molecule has 1 aromatic carbocycles. The molecule has 25 heavy (non-hydrogen) atoms. The number of aliphatic hydroxyl groups excluding tert-OH is 1. The zero-order valence-electron chi connectivity index (χ0n) is 15.9. The predicted molar refractivity (Wildman–Crippen MR) is 116 cm³/mol. The number of nitrogens with one attached hydrogen (secondary N) is 2. The Morgan fingerprint density at radius 2 is 1.84 bits per heavy atom. The highest BCUT2D eigenvalue weighted by molar-refractivity contribution is 14.0. The summed E-state index contributed by atoms with van der Waals surface area (Å²) < 4.78 is 5.73. The lowest BCUT2D eigenvalue weighted by Crippen LogP contribution is -2.39. The van der Waals surface area contributed by atoms with E-state index in [1.807, 2.05) is 44.2 Å². The molecule has 0 bridgehead atoms. The maximum absolute atomic E-state index is 10.1. The maximum Gasteiger partial charge on any atom is 0.191 e. The van der Waals surface area contributed by atoms with Crippen molar-refractivity contribution in [2.45, 2.75) is 46.3 Å². The third-order valence-electron chi connectivity index (χ3n) is 3.63. The van der Waals surface area contributed by atoms with Crippen molar-refractivity contribution in [1.29, 1.82) is 0 Å². The molecular weight excluding hydrogens is 429 g/mol. The molecule has 0 saturated heterocycles. The normalized spacial score (nSPS) is 13.9. The minimum atomic E-state index is -0.614. The predicted octanol–water partition coefficient (Wildman–Crippen LogP) is 3.34. The van der Waals surface area contributed by atoms with Gasteiger partial charge in [0.15, 0.2) is 5.96 Å². The van der Waals surface area contributed by atoms with E-state index in [-0.39, 0.29) is 36.7 Å². The Hall–Kier alpha value is -0.860. The van der Waals surface area contributed by atoms with Gasteiger partial charge in [-0.25, -0.2) is 0 Å². The fourth-order valence-corrected chi connectivity index (χ4v) is 2.15. The molecule has 1 aromatic rings. The van der Waals surface area contributed by atoms with E-state index in [1.165, 1.54) is 0 Å². The van der Waals surface area contributed by atoms with Gasteiger partial charge in [0.2, 0.25) is 0 Å². The first-order chi connectivity index (χ1) is 11.5. The van der Waals surface area contributed by atoms with Gasteiger partial charge in [0, 0.05) is 13.1 Å². The molecule has 0 saturated carbocycles. The van der Waals surface area contributed by atoms with Crippen LogP contribution in [0, 0.1) is 5.92 Å². The molecule has 0 heterocycles. The number of hydrogen-bond donors (Lipinski definition) is 3. The number of guanidine groups is 1. The summed E-state index contributed by atoms with van der Waals surface area (Å²) >= 11 is 0. The Bertz CT molecular complexity index is 469. The molecule has 0 aliphatic heterocycles. The molecule has 144 valence electrons. The average molecular weight is 463 g/mol. The quantitative estimate of drug-likeness (QED) is 0.283. The molecule has 2 atom stereocenters. The highest BCUT2D eigenvalue weighted by atomic mass is 127. The van der Waals surface area contributed by atoms with Crippen LogP contribution < -0.4 is 10.6 Å². The van der Waals surface area contributed by atoms with Gasteiger partial charge < -0.3 is 20.5 Å². The van der Waals surface area contributed by atoms with E-state index in [2.05, 4.69) is 29.5 Å². The zero-order chi connectivity index (χ0) is 17.8. The van der Waals surface area contributed by atoms with Crippen molar-refractivity contribution in [2.75, 3.05) is 26.2 Å². The number of ether oxygens (including phenoxy) is 1. The van der Waals surface area contributed by atoms with Crippen molar-refractivity contribution in [1.82, 2.24) is 10.6 Å². The van der Waals surface area contributed by atoms with Crippen molar-refractivity contribution in [3.8, 4) is 0 Å². The molecule has 3 N–H and O–H groups in total. The summed E-state index contributed by atoms with van der Waals surface area (Å²) in [5.74, 6) is 1.40. The zero-order valence-corrected chi connectivity index (χ0v) is 18.2. The standard InChI is InChI=1S/C19H33N3O2.HI/c1-5-20-19(21-12-11-15(2)3)22-13-18(23)14-24-16(4)17-9-7-6-8-10-17;/h6-10,15-16,18,23H,5,11-14H2,1-4H3,(H2,20,21,22);1H. The topological polar surface area (TPSA) is 65.9 Å². The molecule has 2 unspecified atom stereocenters. The third-order valence-corrected chi connectivity index (χ3v) is 3.63. The lowest BCUT2D eigenvalue weighted by molar-refractivity contribution is 0.00111. The number of aliphatic imine (C=N–C) groups is 1. The van der Waals surface area contributed by atoms with Crippen LogP contribution in [0.15, 0.2) is 35.3 Å². The summed E-state index contributed by atoms with van der Waals surface area (Å²) in [6.45, 7) is 10.7. The van der Waals surface area contributed by atoms with Gasteiger partial charge in [-0.15, -0.1) is 24.0 Å². The van der Waals surface area contributed by atoms with Crippen molar-refractivity contribution in [3.63, 3.8) is 0 Å². The van der Waals surface area contributed by atoms with Crippen LogP contribution in [0.3, 0.4) is 0 Å². The first-order valence-corrected chi connectivity index (χ1v) is 8.89. The summed E-state index contributed by atoms with van der Waals surface area (Å²) in [6.07, 6.45) is 0.434. The Morgan fingerprint density at radius 1 is 1.16 bits per heavy atom. The Morgan fingerprint density at radius 3 is 2.44 bits per heavy atom. The van der Waals surface area contributed by atoms with Crippen molar-refractivity contribution in [2.24, 2.45) is 10.9 Å². The first-order valence-electron chi connectivity index (χ1n) is 8.89. The second-order valence-electron chi connectivity index (χ2n) is 6.37. The van der Waals surface area contributed by atoms with E-state index in [0.717, 1.165) is 31.0 Å². The van der Waals surface area contributed by atoms with Crippen LogP contribution >= 0.6 is 24.0 Å². The Balaban J connectivity index is 0.00000576. The van der Waals surface area contributed by atoms with E-state index in [4.69, 9.17) is 4.74 Å². The van der Waals surface area contributed by atoms with Crippen LogP contribution in [0.5, 0.6) is 0 Å². The number of aliphatic hydroxyl groups is 1. The lowest BCUT2D eigenvalue weighted by Gasteiger charge is -2.17. The first kappa shape index (κ1) is 24.1. The average Bonchev–Trinajstić information content (AvgIpc) is 2.58. The molecule has 1 rings (SSSR count). The highest BCUT2D eigenvalue weighted by Gasteiger charge is 2.10. The fraction of sp³-hybridized carbons (Fsp3) is 0.632. The van der Waals surface area contributed by atoms with E-state index < -0.39 is 6.10 Å². The number of nitrogens with zero attached hydrogens (tertiary/aromatic N) is 1. The maximum atomic E-state index is 10.1. The van der Waals surface area contributed by atoms with Crippen LogP contribution in [0.2, 0.25) is 0 Å². The van der Waals surface area contributed by atoms with Crippen LogP contribution in [-0.4, -0.2) is 43.4 Å². The van der Waals surface area contributed by atoms with Crippen molar-refractivity contribution in [3.05, 3.63) is 35.9 Å². The van der Waals surface area contributed by atoms with Gasteiger partial charge in [-0.05, 0) is 31.7 Å². The van der Waals surface area contributed by atoms with Gasteiger partial charge in [0.1, 0.15) is 0 Å². The fourth-order valence-electron chi connectivity index (χ4n) is 2.15. The van der Waals surface area contributed by atoms with Crippen LogP contribution in [0.25, 0.3) is 0 Å². The van der Waals surface area contributed by atoms with Gasteiger partial charge >= 0.3 is 0 Å². The minimum Gasteiger partial charge on any atom is -0.389 e. The van der Waals surface area contributed by atoms with Crippen LogP contribution in [0.1, 0.15) is 45.8 Å². The molecule has 5 nitrogen and oxygen atoms in total. The van der Waals surface area contributed by atoms with Gasteiger partial charge in [0.05, 0.1) is 25.4 Å².